The fraction of sp³-hybridized carbons (Fsp3) is 0. The average Bonchev–Trinajstić information content (AvgIpc) is 2.43. The summed E-state index contributed by atoms with van der Waals surface area (Å²) in [7, 11) is 0. The van der Waals surface area contributed by atoms with E-state index in [0.29, 0.717) is 0 Å². The van der Waals surface area contributed by atoms with Crippen molar-refractivity contribution in [3.05, 3.63) is 52.9 Å². The molecule has 0 bridgehead atoms. The fourth-order valence-corrected chi connectivity index (χ4v) is 2.05. The Morgan fingerprint density at radius 1 is 0.950 bits per heavy atom. The summed E-state index contributed by atoms with van der Waals surface area (Å²) < 4.78 is 5.30. The summed E-state index contributed by atoms with van der Waals surface area (Å²) >= 11 is 0. The first kappa shape index (κ1) is 12.1. The van der Waals surface area contributed by atoms with E-state index in [0.717, 1.165) is 0 Å². The van der Waals surface area contributed by atoms with Gasteiger partial charge in [0, 0.05) is 11.6 Å². The number of fused-ring (bicyclic) bond motifs is 1. The average molecular weight is 270 g/mol. The molecule has 0 aliphatic heterocycles. The van der Waals surface area contributed by atoms with Crippen molar-refractivity contribution in [3.8, 4) is 28.4 Å². The summed E-state index contributed by atoms with van der Waals surface area (Å²) in [5.41, 5.74) is 0.218. The summed E-state index contributed by atoms with van der Waals surface area (Å²) in [6.07, 6.45) is 1.19. The molecular formula is C15H10O5. The van der Waals surface area contributed by atoms with Crippen LogP contribution in [-0.2, 0) is 0 Å². The van der Waals surface area contributed by atoms with Crippen molar-refractivity contribution >= 4 is 11.0 Å². The molecule has 3 rings (SSSR count). The zero-order valence-corrected chi connectivity index (χ0v) is 10.2. The van der Waals surface area contributed by atoms with Crippen molar-refractivity contribution in [1.82, 2.24) is 0 Å². The first-order chi connectivity index (χ1) is 9.58. The van der Waals surface area contributed by atoms with E-state index in [2.05, 4.69) is 0 Å². The highest BCUT2D eigenvalue weighted by molar-refractivity contribution is 5.84. The molecule has 0 amide bonds. The number of para-hydroxylation sites is 1. The van der Waals surface area contributed by atoms with Crippen LogP contribution in [0.5, 0.6) is 17.2 Å². The molecule has 0 fully saturated rings. The minimum Gasteiger partial charge on any atom is -0.508 e. The molecule has 3 N–H and O–H groups in total. The third-order valence-electron chi connectivity index (χ3n) is 3.06. The molecule has 1 heterocycles. The zero-order valence-electron chi connectivity index (χ0n) is 10.2. The summed E-state index contributed by atoms with van der Waals surface area (Å²) in [4.78, 5) is 12.4. The minimum absolute atomic E-state index is 0.00592. The highest BCUT2D eigenvalue weighted by Gasteiger charge is 2.14. The highest BCUT2D eigenvalue weighted by Crippen LogP contribution is 2.35. The second-order valence-electron chi connectivity index (χ2n) is 4.33. The van der Waals surface area contributed by atoms with Gasteiger partial charge in [0.25, 0.3) is 0 Å². The van der Waals surface area contributed by atoms with Crippen molar-refractivity contribution < 1.29 is 19.7 Å². The van der Waals surface area contributed by atoms with Gasteiger partial charge in [-0.3, -0.25) is 4.79 Å². The zero-order chi connectivity index (χ0) is 14.3. The van der Waals surface area contributed by atoms with Gasteiger partial charge in [0.15, 0.2) is 11.5 Å². The number of benzene rings is 2. The van der Waals surface area contributed by atoms with Crippen LogP contribution in [0, 0.1) is 0 Å². The number of aromatic hydroxyl groups is 3. The lowest BCUT2D eigenvalue weighted by Gasteiger charge is -2.06. The van der Waals surface area contributed by atoms with Crippen LogP contribution in [0.15, 0.2) is 51.9 Å². The van der Waals surface area contributed by atoms with E-state index in [4.69, 9.17) is 4.42 Å². The molecule has 0 saturated carbocycles. The van der Waals surface area contributed by atoms with Crippen LogP contribution in [0.1, 0.15) is 0 Å². The van der Waals surface area contributed by atoms with Crippen LogP contribution in [0.3, 0.4) is 0 Å². The maximum atomic E-state index is 12.4. The van der Waals surface area contributed by atoms with Crippen molar-refractivity contribution in [2.45, 2.75) is 0 Å². The molecule has 3 aromatic rings. The van der Waals surface area contributed by atoms with Gasteiger partial charge in [-0.05, 0) is 18.2 Å². The van der Waals surface area contributed by atoms with Crippen molar-refractivity contribution in [1.29, 1.82) is 0 Å². The Morgan fingerprint density at radius 2 is 1.75 bits per heavy atom. The largest absolute Gasteiger partial charge is 0.508 e. The molecule has 0 aliphatic rings. The quantitative estimate of drug-likeness (QED) is 0.591. The molecule has 0 aliphatic carbocycles. The van der Waals surface area contributed by atoms with E-state index in [9.17, 15) is 20.1 Å². The molecule has 0 saturated heterocycles. The molecule has 0 spiro atoms. The summed E-state index contributed by atoms with van der Waals surface area (Å²) in [5, 5.41) is 28.9. The molecule has 5 heteroatoms. The first-order valence-corrected chi connectivity index (χ1v) is 5.84. The molecule has 2 aromatic carbocycles. The Kier molecular flexibility index (Phi) is 2.61. The second kappa shape index (κ2) is 4.31. The van der Waals surface area contributed by atoms with Gasteiger partial charge in [0.05, 0.1) is 10.9 Å². The molecule has 0 unspecified atom stereocenters. The van der Waals surface area contributed by atoms with Crippen LogP contribution in [0.25, 0.3) is 22.1 Å². The lowest BCUT2D eigenvalue weighted by Crippen LogP contribution is -2.04. The van der Waals surface area contributed by atoms with Crippen molar-refractivity contribution in [3.63, 3.8) is 0 Å². The molecule has 100 valence electrons. The standard InChI is InChI=1S/C15H10O5/c16-8-4-5-10-13(6-8)20-7-11(14(10)18)9-2-1-3-12(17)15(9)19/h1-7,16-17,19H. The minimum atomic E-state index is -0.377. The van der Waals surface area contributed by atoms with Crippen molar-refractivity contribution in [2.24, 2.45) is 0 Å². The Hall–Kier alpha value is -2.95. The van der Waals surface area contributed by atoms with E-state index in [-0.39, 0.29) is 44.8 Å². The summed E-state index contributed by atoms with van der Waals surface area (Å²) in [6, 6.07) is 8.51. The van der Waals surface area contributed by atoms with Gasteiger partial charge in [0.2, 0.25) is 5.43 Å². The van der Waals surface area contributed by atoms with Gasteiger partial charge in [-0.15, -0.1) is 0 Å². The van der Waals surface area contributed by atoms with Crippen LogP contribution >= 0.6 is 0 Å². The van der Waals surface area contributed by atoms with E-state index < -0.39 is 0 Å². The SMILES string of the molecule is O=c1c(-c2cccc(O)c2O)coc2cc(O)ccc12. The van der Waals surface area contributed by atoms with Gasteiger partial charge in [-0.1, -0.05) is 12.1 Å². The Morgan fingerprint density at radius 3 is 2.55 bits per heavy atom. The number of hydrogen-bond donors (Lipinski definition) is 3. The van der Waals surface area contributed by atoms with Gasteiger partial charge in [-0.25, -0.2) is 0 Å². The van der Waals surface area contributed by atoms with Crippen LogP contribution < -0.4 is 5.43 Å². The lowest BCUT2D eigenvalue weighted by atomic mass is 10.0. The third-order valence-corrected chi connectivity index (χ3v) is 3.06. The molecular weight excluding hydrogens is 260 g/mol. The highest BCUT2D eigenvalue weighted by atomic mass is 16.3. The Bertz CT molecular complexity index is 864. The molecule has 20 heavy (non-hydrogen) atoms. The molecule has 5 nitrogen and oxygen atoms in total. The number of hydrogen-bond acceptors (Lipinski definition) is 5. The predicted molar refractivity (Wildman–Crippen MR) is 72.9 cm³/mol. The lowest BCUT2D eigenvalue weighted by molar-refractivity contribution is 0.405. The van der Waals surface area contributed by atoms with E-state index in [1.807, 2.05) is 0 Å². The first-order valence-electron chi connectivity index (χ1n) is 5.84. The monoisotopic (exact) mass is 270 g/mol. The third kappa shape index (κ3) is 1.76. The summed E-state index contributed by atoms with van der Waals surface area (Å²) in [6.45, 7) is 0. The number of phenols is 3. The Labute approximate surface area is 113 Å². The smallest absolute Gasteiger partial charge is 0.200 e. The maximum absolute atomic E-state index is 12.4. The summed E-state index contributed by atoms with van der Waals surface area (Å²) in [5.74, 6) is -0.695. The number of rotatable bonds is 1. The van der Waals surface area contributed by atoms with E-state index in [1.54, 1.807) is 0 Å². The second-order valence-corrected chi connectivity index (χ2v) is 4.33. The molecule has 0 atom stereocenters. The number of phenolic OH excluding ortho intramolecular Hbond substituents is 3. The topological polar surface area (TPSA) is 90.9 Å². The predicted octanol–water partition coefficient (Wildman–Crippen LogP) is 2.58. The van der Waals surface area contributed by atoms with E-state index in [1.165, 1.54) is 42.7 Å². The van der Waals surface area contributed by atoms with Gasteiger partial charge in [-0.2, -0.15) is 0 Å². The van der Waals surface area contributed by atoms with Crippen LogP contribution in [-0.4, -0.2) is 15.3 Å². The van der Waals surface area contributed by atoms with Crippen LogP contribution in [0.2, 0.25) is 0 Å². The fourth-order valence-electron chi connectivity index (χ4n) is 2.05. The van der Waals surface area contributed by atoms with Crippen molar-refractivity contribution in [2.75, 3.05) is 0 Å². The van der Waals surface area contributed by atoms with Crippen LogP contribution in [0.4, 0.5) is 0 Å². The van der Waals surface area contributed by atoms with Gasteiger partial charge >= 0.3 is 0 Å². The maximum Gasteiger partial charge on any atom is 0.200 e. The molecule has 1 aromatic heterocycles. The molecule has 0 radical (unpaired) electrons. The van der Waals surface area contributed by atoms with E-state index >= 15 is 0 Å². The van der Waals surface area contributed by atoms with Gasteiger partial charge in [0.1, 0.15) is 17.6 Å². The van der Waals surface area contributed by atoms with Gasteiger partial charge < -0.3 is 19.7 Å². The Balaban J connectivity index is 2.33. The normalized spacial score (nSPS) is 10.8.